The maximum atomic E-state index is 5.25. The summed E-state index contributed by atoms with van der Waals surface area (Å²) in [5.41, 5.74) is 2.43. The van der Waals surface area contributed by atoms with Crippen molar-refractivity contribution < 1.29 is 4.74 Å². The molecule has 0 saturated carbocycles. The molecule has 106 valence electrons. The molecule has 19 heavy (non-hydrogen) atoms. The Balaban J connectivity index is 1.88. The van der Waals surface area contributed by atoms with Gasteiger partial charge in [0.25, 0.3) is 0 Å². The molecule has 0 aromatic heterocycles. The summed E-state index contributed by atoms with van der Waals surface area (Å²) in [5.74, 6) is 0. The fourth-order valence-electron chi connectivity index (χ4n) is 2.82. The molecule has 3 nitrogen and oxygen atoms in total. The highest BCUT2D eigenvalue weighted by Crippen LogP contribution is 2.19. The topological polar surface area (TPSA) is 33.3 Å². The molecule has 1 aromatic rings. The number of piperidine rings is 1. The van der Waals surface area contributed by atoms with Gasteiger partial charge in [0, 0.05) is 30.4 Å². The van der Waals surface area contributed by atoms with E-state index >= 15 is 0 Å². The minimum absolute atomic E-state index is 0.480. The van der Waals surface area contributed by atoms with Crippen molar-refractivity contribution >= 4 is 5.69 Å². The van der Waals surface area contributed by atoms with E-state index in [1.807, 2.05) is 0 Å². The summed E-state index contributed by atoms with van der Waals surface area (Å²) in [7, 11) is 1.74. The molecule has 0 aliphatic carbocycles. The lowest BCUT2D eigenvalue weighted by atomic mass is 9.98. The number of nitrogens with one attached hydrogen (secondary N) is 2. The van der Waals surface area contributed by atoms with E-state index in [0.717, 1.165) is 0 Å². The molecule has 2 atom stereocenters. The van der Waals surface area contributed by atoms with Crippen LogP contribution in [-0.4, -0.2) is 25.7 Å². The van der Waals surface area contributed by atoms with Gasteiger partial charge >= 0.3 is 0 Å². The Hall–Kier alpha value is -1.06. The number of benzene rings is 1. The molecule has 0 bridgehead atoms. The van der Waals surface area contributed by atoms with Crippen molar-refractivity contribution in [2.75, 3.05) is 19.0 Å². The molecule has 3 heteroatoms. The van der Waals surface area contributed by atoms with Crippen LogP contribution < -0.4 is 10.6 Å². The van der Waals surface area contributed by atoms with Crippen molar-refractivity contribution in [1.29, 1.82) is 0 Å². The summed E-state index contributed by atoms with van der Waals surface area (Å²) < 4.78 is 5.25. The molecule has 2 unspecified atom stereocenters. The van der Waals surface area contributed by atoms with Gasteiger partial charge in [-0.25, -0.2) is 0 Å². The average Bonchev–Trinajstić information content (AvgIpc) is 2.42. The lowest BCUT2D eigenvalue weighted by Gasteiger charge is -2.27. The third-order valence-electron chi connectivity index (χ3n) is 3.77. The summed E-state index contributed by atoms with van der Waals surface area (Å²) in [6, 6.07) is 9.55. The molecule has 1 fully saturated rings. The van der Waals surface area contributed by atoms with E-state index in [9.17, 15) is 0 Å². The van der Waals surface area contributed by atoms with Gasteiger partial charge in [-0.05, 0) is 38.8 Å². The fourth-order valence-corrected chi connectivity index (χ4v) is 2.82. The number of para-hydroxylation sites is 1. The molecular weight excluding hydrogens is 236 g/mol. The zero-order valence-corrected chi connectivity index (χ0v) is 12.1. The van der Waals surface area contributed by atoms with Crippen LogP contribution in [-0.2, 0) is 11.3 Å². The monoisotopic (exact) mass is 262 g/mol. The van der Waals surface area contributed by atoms with Crippen LogP contribution in [0.4, 0.5) is 5.69 Å². The first-order valence-electron chi connectivity index (χ1n) is 7.36. The second kappa shape index (κ2) is 7.51. The minimum Gasteiger partial charge on any atom is -0.382 e. The third kappa shape index (κ3) is 4.51. The number of methoxy groups -OCH3 is 1. The molecule has 2 rings (SSSR count). The van der Waals surface area contributed by atoms with Crippen molar-refractivity contribution in [2.24, 2.45) is 0 Å². The predicted molar refractivity (Wildman–Crippen MR) is 80.5 cm³/mol. The zero-order chi connectivity index (χ0) is 13.5. The quantitative estimate of drug-likeness (QED) is 0.826. The number of hydrogen-bond acceptors (Lipinski definition) is 3. The Morgan fingerprint density at radius 3 is 2.95 bits per heavy atom. The van der Waals surface area contributed by atoms with Crippen LogP contribution in [0, 0.1) is 0 Å². The van der Waals surface area contributed by atoms with Gasteiger partial charge in [0.05, 0.1) is 6.61 Å². The van der Waals surface area contributed by atoms with Crippen molar-refractivity contribution in [3.8, 4) is 0 Å². The fraction of sp³-hybridized carbons (Fsp3) is 0.625. The molecule has 0 spiro atoms. The normalized spacial score (nSPS) is 21.1. The standard InChI is InChI=1S/C16H26N2O/c1-13(11-15-8-5-6-10-17-15)18-16-9-4-3-7-14(16)12-19-2/h3-4,7,9,13,15,17-18H,5-6,8,10-12H2,1-2H3. The van der Waals surface area contributed by atoms with Crippen LogP contribution >= 0.6 is 0 Å². The van der Waals surface area contributed by atoms with Gasteiger partial charge in [0.2, 0.25) is 0 Å². The molecule has 1 heterocycles. The third-order valence-corrected chi connectivity index (χ3v) is 3.77. The molecule has 0 amide bonds. The van der Waals surface area contributed by atoms with E-state index in [4.69, 9.17) is 4.74 Å². The van der Waals surface area contributed by atoms with Gasteiger partial charge in [-0.1, -0.05) is 24.6 Å². The summed E-state index contributed by atoms with van der Waals surface area (Å²) in [6.45, 7) is 4.11. The molecular formula is C16H26N2O. The van der Waals surface area contributed by atoms with Crippen molar-refractivity contribution in [3.05, 3.63) is 29.8 Å². The number of hydrogen-bond donors (Lipinski definition) is 2. The van der Waals surface area contributed by atoms with Crippen LogP contribution in [0.1, 0.15) is 38.2 Å². The Morgan fingerprint density at radius 1 is 1.37 bits per heavy atom. The second-order valence-electron chi connectivity index (χ2n) is 5.52. The maximum absolute atomic E-state index is 5.25. The van der Waals surface area contributed by atoms with Crippen molar-refractivity contribution in [1.82, 2.24) is 5.32 Å². The largest absolute Gasteiger partial charge is 0.382 e. The Labute approximate surface area is 116 Å². The first-order chi connectivity index (χ1) is 9.29. The maximum Gasteiger partial charge on any atom is 0.0733 e. The highest BCUT2D eigenvalue weighted by Gasteiger charge is 2.16. The van der Waals surface area contributed by atoms with Crippen LogP contribution in [0.25, 0.3) is 0 Å². The van der Waals surface area contributed by atoms with Gasteiger partial charge in [-0.15, -0.1) is 0 Å². The smallest absolute Gasteiger partial charge is 0.0733 e. The van der Waals surface area contributed by atoms with E-state index in [-0.39, 0.29) is 0 Å². The number of ether oxygens (including phenoxy) is 1. The molecule has 1 aromatic carbocycles. The van der Waals surface area contributed by atoms with E-state index in [1.165, 1.54) is 43.5 Å². The van der Waals surface area contributed by atoms with E-state index in [1.54, 1.807) is 7.11 Å². The van der Waals surface area contributed by atoms with E-state index in [0.29, 0.717) is 18.7 Å². The molecule has 0 radical (unpaired) electrons. The average molecular weight is 262 g/mol. The number of anilines is 1. The Bertz CT molecular complexity index is 375. The molecule has 2 N–H and O–H groups in total. The predicted octanol–water partition coefficient (Wildman–Crippen LogP) is 3.17. The van der Waals surface area contributed by atoms with Crippen LogP contribution in [0.3, 0.4) is 0 Å². The van der Waals surface area contributed by atoms with Gasteiger partial charge in [-0.2, -0.15) is 0 Å². The van der Waals surface area contributed by atoms with E-state index in [2.05, 4.69) is 41.8 Å². The SMILES string of the molecule is COCc1ccccc1NC(C)CC1CCCCN1. The van der Waals surface area contributed by atoms with Crippen molar-refractivity contribution in [2.45, 2.75) is 51.3 Å². The summed E-state index contributed by atoms with van der Waals surface area (Å²) in [4.78, 5) is 0. The first-order valence-corrected chi connectivity index (χ1v) is 7.36. The Kier molecular flexibility index (Phi) is 5.67. The lowest BCUT2D eigenvalue weighted by molar-refractivity contribution is 0.185. The first kappa shape index (κ1) is 14.4. The van der Waals surface area contributed by atoms with Gasteiger partial charge in [0.1, 0.15) is 0 Å². The van der Waals surface area contributed by atoms with Gasteiger partial charge < -0.3 is 15.4 Å². The van der Waals surface area contributed by atoms with Crippen LogP contribution in [0.5, 0.6) is 0 Å². The summed E-state index contributed by atoms with van der Waals surface area (Å²) in [6.07, 6.45) is 5.19. The second-order valence-corrected chi connectivity index (χ2v) is 5.52. The number of rotatable bonds is 6. The minimum atomic E-state index is 0.480. The highest BCUT2D eigenvalue weighted by atomic mass is 16.5. The summed E-state index contributed by atoms with van der Waals surface area (Å²) in [5, 5.41) is 7.23. The van der Waals surface area contributed by atoms with Crippen LogP contribution in [0.2, 0.25) is 0 Å². The van der Waals surface area contributed by atoms with Gasteiger partial charge in [-0.3, -0.25) is 0 Å². The van der Waals surface area contributed by atoms with Gasteiger partial charge in [0.15, 0.2) is 0 Å². The van der Waals surface area contributed by atoms with Crippen molar-refractivity contribution in [3.63, 3.8) is 0 Å². The highest BCUT2D eigenvalue weighted by molar-refractivity contribution is 5.51. The zero-order valence-electron chi connectivity index (χ0n) is 12.1. The molecule has 1 aliphatic rings. The summed E-state index contributed by atoms with van der Waals surface area (Å²) >= 11 is 0. The Morgan fingerprint density at radius 2 is 2.21 bits per heavy atom. The van der Waals surface area contributed by atoms with E-state index < -0.39 is 0 Å². The molecule has 1 saturated heterocycles. The lowest BCUT2D eigenvalue weighted by Crippen LogP contribution is -2.37. The van der Waals surface area contributed by atoms with Crippen LogP contribution in [0.15, 0.2) is 24.3 Å². The molecule has 1 aliphatic heterocycles.